The van der Waals surface area contributed by atoms with Gasteiger partial charge in [-0.25, -0.2) is 0 Å². The summed E-state index contributed by atoms with van der Waals surface area (Å²) < 4.78 is 114. The van der Waals surface area contributed by atoms with Gasteiger partial charge in [0.1, 0.15) is 11.0 Å². The summed E-state index contributed by atoms with van der Waals surface area (Å²) in [5.41, 5.74) is -1.38. The second-order valence-corrected chi connectivity index (χ2v) is 27.8. The summed E-state index contributed by atoms with van der Waals surface area (Å²) in [6, 6.07) is 43.9. The standard InChI is InChI=1S/C24H20Cl2F3NOS.C15H10Cl2F3OS.C13H23NOSi/c25-19-11-18(12-20(26)13-19)23(24(27,28)29)16-30(14-17-7-3-1-4-8-17)15-22(23)32(31)21-9-5-2-6-10-21;16-11-6-10(7-12(17)8-11)14(15(18,19)20)9-22(21)13-4-2-1-3-5-13;1-15-11-14(12-16(2,3)4)10-13-8-6-5-7-9-13/h1-13,22H,14-16H2;1-9,21H;5-9H,10-12H2,1-4H3/q;+1;/b;14-9+;. The molecule has 1 fully saturated rings. The fourth-order valence-corrected chi connectivity index (χ4v) is 13.4. The van der Waals surface area contributed by atoms with Gasteiger partial charge in [-0.05, 0) is 89.1 Å². The Kier molecular flexibility index (Phi) is 21.1. The van der Waals surface area contributed by atoms with E-state index in [-0.39, 0.29) is 44.3 Å². The van der Waals surface area contributed by atoms with Crippen LogP contribution in [0.1, 0.15) is 22.3 Å². The van der Waals surface area contributed by atoms with Crippen molar-refractivity contribution in [2.24, 2.45) is 0 Å². The normalized spacial score (nSPS) is 17.5. The largest absolute Gasteiger partial charge is 0.421 e. The van der Waals surface area contributed by atoms with E-state index in [1.165, 1.54) is 36.0 Å². The van der Waals surface area contributed by atoms with Crippen molar-refractivity contribution in [3.05, 3.63) is 205 Å². The molecule has 1 aliphatic heterocycles. The quantitative estimate of drug-likeness (QED) is 0.0510. The van der Waals surface area contributed by atoms with Crippen LogP contribution in [-0.4, -0.2) is 77.3 Å². The second kappa shape index (κ2) is 25.8. The summed E-state index contributed by atoms with van der Waals surface area (Å²) in [5.74, 6) is 0. The Balaban J connectivity index is 0.000000209. The van der Waals surface area contributed by atoms with Gasteiger partial charge in [-0.2, -0.15) is 30.9 Å². The molecule has 0 saturated carbocycles. The minimum atomic E-state index is -4.68. The molecule has 1 saturated heterocycles. The Morgan fingerprint density at radius 3 is 1.70 bits per heavy atom. The van der Waals surface area contributed by atoms with E-state index >= 15 is 0 Å². The SMILES string of the molecule is COCN(Cc1ccccc1)C[Si](C)(C)C.O=S(c1ccccc1)C1CN(Cc2ccccc2)CC1(c1cc(Cl)cc(Cl)c1)C(F)(F)F.O[S+](/C=C(\c1cc(Cl)cc(Cl)c1)C(F)(F)F)c1ccccc1. The lowest BCUT2D eigenvalue weighted by atomic mass is 9.78. The predicted molar refractivity (Wildman–Crippen MR) is 280 cm³/mol. The molecule has 0 bridgehead atoms. The van der Waals surface area contributed by atoms with Gasteiger partial charge in [-0.15, -0.1) is 0 Å². The molecule has 6 aromatic rings. The number of likely N-dealkylation sites (tertiary alicyclic amines) is 1. The van der Waals surface area contributed by atoms with Crippen LogP contribution < -0.4 is 0 Å². The van der Waals surface area contributed by atoms with Gasteiger partial charge in [0.2, 0.25) is 11.2 Å². The molecule has 4 unspecified atom stereocenters. The number of benzene rings is 6. The zero-order valence-electron chi connectivity index (χ0n) is 38.7. The van der Waals surface area contributed by atoms with Crippen molar-refractivity contribution in [2.45, 2.75) is 65.5 Å². The Labute approximate surface area is 433 Å². The van der Waals surface area contributed by atoms with E-state index < -0.39 is 58.6 Å². The van der Waals surface area contributed by atoms with Gasteiger partial charge in [0.15, 0.2) is 10.3 Å². The summed E-state index contributed by atoms with van der Waals surface area (Å²) in [7, 11) is -1.21. The van der Waals surface area contributed by atoms with Gasteiger partial charge < -0.3 is 4.74 Å². The van der Waals surface area contributed by atoms with Gasteiger partial charge in [0, 0.05) is 58.3 Å². The molecule has 4 atom stereocenters. The van der Waals surface area contributed by atoms with Crippen LogP contribution >= 0.6 is 46.4 Å². The molecule has 1 aliphatic rings. The first-order valence-electron chi connectivity index (χ1n) is 21.7. The fraction of sp³-hybridized carbons (Fsp3) is 0.269. The smallest absolute Gasteiger partial charge is 0.369 e. The predicted octanol–water partition coefficient (Wildman–Crippen LogP) is 15.5. The molecule has 1 N–H and O–H groups in total. The molecule has 0 spiro atoms. The Morgan fingerprint density at radius 1 is 0.757 bits per heavy atom. The van der Waals surface area contributed by atoms with Crippen molar-refractivity contribution in [3.8, 4) is 0 Å². The summed E-state index contributed by atoms with van der Waals surface area (Å²) in [4.78, 5) is 4.85. The molecule has 0 radical (unpaired) electrons. The number of hydrogen-bond acceptors (Lipinski definition) is 5. The molecule has 6 aromatic carbocycles. The molecule has 374 valence electrons. The lowest BCUT2D eigenvalue weighted by molar-refractivity contribution is -0.185. The van der Waals surface area contributed by atoms with Gasteiger partial charge in [-0.1, -0.05) is 163 Å². The lowest BCUT2D eigenvalue weighted by Gasteiger charge is -2.37. The highest BCUT2D eigenvalue weighted by Crippen LogP contribution is 2.51. The number of alkyl halides is 6. The Morgan fingerprint density at radius 2 is 1.23 bits per heavy atom. The molecule has 1 heterocycles. The monoisotopic (exact) mass is 1100 g/mol. The average molecular weight is 1100 g/mol. The molecule has 0 aromatic heterocycles. The van der Waals surface area contributed by atoms with Gasteiger partial charge in [0.05, 0.1) is 30.9 Å². The van der Waals surface area contributed by atoms with Crippen molar-refractivity contribution in [3.63, 3.8) is 0 Å². The van der Waals surface area contributed by atoms with Crippen LogP contribution in [0, 0.1) is 0 Å². The van der Waals surface area contributed by atoms with Gasteiger partial charge in [-0.3, -0.25) is 14.0 Å². The first-order valence-corrected chi connectivity index (χ1v) is 29.4. The summed E-state index contributed by atoms with van der Waals surface area (Å²) in [6.45, 7) is 8.86. The molecule has 0 aliphatic carbocycles. The van der Waals surface area contributed by atoms with E-state index in [9.17, 15) is 35.1 Å². The molecular formula is C52H53Cl4F6N2O3S2Si+. The van der Waals surface area contributed by atoms with Crippen LogP contribution in [0.2, 0.25) is 39.7 Å². The van der Waals surface area contributed by atoms with Crippen molar-refractivity contribution < 1.29 is 39.8 Å². The first kappa shape index (κ1) is 57.3. The van der Waals surface area contributed by atoms with Gasteiger partial charge in [0.25, 0.3) is 0 Å². The molecule has 5 nitrogen and oxygen atoms in total. The molecule has 70 heavy (non-hydrogen) atoms. The third-order valence-corrected chi connectivity index (χ3v) is 16.1. The number of rotatable bonds is 14. The minimum absolute atomic E-state index is 0.0139. The number of nitrogens with zero attached hydrogens (tertiary/aromatic N) is 2. The first-order chi connectivity index (χ1) is 33.0. The number of hydrogen-bond donors (Lipinski definition) is 1. The Hall–Kier alpha value is -3.64. The van der Waals surface area contributed by atoms with Crippen LogP contribution in [-0.2, 0) is 45.2 Å². The second-order valence-electron chi connectivity index (χ2n) is 17.6. The van der Waals surface area contributed by atoms with E-state index in [4.69, 9.17) is 51.1 Å². The topological polar surface area (TPSA) is 53.0 Å². The number of methoxy groups -OCH3 is 1. The number of allylic oxidation sites excluding steroid dienone is 1. The summed E-state index contributed by atoms with van der Waals surface area (Å²) in [5, 5.41) is -0.0468. The zero-order valence-corrected chi connectivity index (χ0v) is 44.3. The maximum atomic E-state index is 15.0. The lowest BCUT2D eigenvalue weighted by Crippen LogP contribution is -2.53. The maximum Gasteiger partial charge on any atom is 0.421 e. The van der Waals surface area contributed by atoms with E-state index in [2.05, 4.69) is 54.9 Å². The van der Waals surface area contributed by atoms with E-state index in [0.29, 0.717) is 16.3 Å². The van der Waals surface area contributed by atoms with E-state index in [1.54, 1.807) is 72.7 Å². The van der Waals surface area contributed by atoms with E-state index in [1.807, 2.05) is 30.3 Å². The van der Waals surface area contributed by atoms with Crippen molar-refractivity contribution >= 4 is 82.0 Å². The molecule has 0 amide bonds. The molecular weight excluding hydrogens is 1050 g/mol. The molecule has 18 heteroatoms. The van der Waals surface area contributed by atoms with Crippen LogP contribution in [0.3, 0.4) is 0 Å². The zero-order chi connectivity index (χ0) is 51.3. The fourth-order valence-electron chi connectivity index (χ4n) is 7.95. The van der Waals surface area contributed by atoms with E-state index in [0.717, 1.165) is 36.4 Å². The average Bonchev–Trinajstić information content (AvgIpc) is 3.69. The maximum absolute atomic E-state index is 15.0. The third kappa shape index (κ3) is 16.7. The number of ether oxygens (including phenoxy) is 1. The van der Waals surface area contributed by atoms with Crippen LogP contribution in [0.25, 0.3) is 5.57 Å². The van der Waals surface area contributed by atoms with Crippen molar-refractivity contribution in [1.29, 1.82) is 0 Å². The Bertz CT molecular complexity index is 2600. The van der Waals surface area contributed by atoms with Gasteiger partial charge >= 0.3 is 12.4 Å². The number of halogens is 10. The third-order valence-electron chi connectivity index (χ3n) is 10.8. The summed E-state index contributed by atoms with van der Waals surface area (Å²) in [6.07, 6.45) is -8.14. The van der Waals surface area contributed by atoms with Crippen molar-refractivity contribution in [2.75, 3.05) is 33.1 Å². The summed E-state index contributed by atoms with van der Waals surface area (Å²) >= 11 is 22.0. The highest BCUT2D eigenvalue weighted by atomic mass is 35.5. The highest BCUT2D eigenvalue weighted by Gasteiger charge is 2.66. The molecule has 7 rings (SSSR count). The highest BCUT2D eigenvalue weighted by molar-refractivity contribution is 7.94. The van der Waals surface area contributed by atoms with Crippen LogP contribution in [0.4, 0.5) is 26.3 Å². The van der Waals surface area contributed by atoms with Crippen LogP contribution in [0.5, 0.6) is 0 Å². The minimum Gasteiger partial charge on any atom is -0.369 e. The van der Waals surface area contributed by atoms with Crippen molar-refractivity contribution in [1.82, 2.24) is 9.80 Å². The van der Waals surface area contributed by atoms with Crippen LogP contribution in [0.15, 0.2) is 173 Å².